The number of para-hydroxylation sites is 1. The van der Waals surface area contributed by atoms with Gasteiger partial charge in [-0.2, -0.15) is 0 Å². The molecular weight excluding hydrogens is 392 g/mol. The van der Waals surface area contributed by atoms with E-state index in [1.54, 1.807) is 0 Å². The second kappa shape index (κ2) is 8.05. The van der Waals surface area contributed by atoms with Gasteiger partial charge in [-0.15, -0.1) is 0 Å². The summed E-state index contributed by atoms with van der Waals surface area (Å²) >= 11 is 6.34. The summed E-state index contributed by atoms with van der Waals surface area (Å²) in [7, 11) is 0. The Kier molecular flexibility index (Phi) is 5.48. The monoisotopic (exact) mass is 414 g/mol. The molecular formula is C22H23ClN2O4. The maximum Gasteiger partial charge on any atom is 0.335 e. The molecule has 1 fully saturated rings. The largest absolute Gasteiger partial charge is 0.491 e. The van der Waals surface area contributed by atoms with Crippen molar-refractivity contribution in [2.24, 2.45) is 4.99 Å². The van der Waals surface area contributed by atoms with Crippen LogP contribution in [0.15, 0.2) is 47.5 Å². The molecule has 0 aromatic heterocycles. The highest BCUT2D eigenvalue weighted by Gasteiger charge is 2.45. The molecule has 4 rings (SSSR count). The molecule has 1 aliphatic carbocycles. The average Bonchev–Trinajstić information content (AvgIpc) is 2.67. The van der Waals surface area contributed by atoms with Crippen molar-refractivity contribution in [3.8, 4) is 5.75 Å². The normalized spacial score (nSPS) is 19.4. The fourth-order valence-electron chi connectivity index (χ4n) is 3.60. The van der Waals surface area contributed by atoms with Crippen LogP contribution in [0.2, 0.25) is 5.02 Å². The minimum atomic E-state index is -1.01. The molecule has 2 aliphatic rings. The molecule has 0 radical (unpaired) electrons. The van der Waals surface area contributed by atoms with Crippen molar-refractivity contribution in [2.45, 2.75) is 37.8 Å². The Bertz CT molecular complexity index is 938. The number of nitrogens with zero attached hydrogens (tertiary/aromatic N) is 1. The number of amidine groups is 1. The molecule has 2 N–H and O–H groups in total. The molecule has 1 saturated carbocycles. The first kappa shape index (κ1) is 19.7. The Hall–Kier alpha value is -2.57. The molecule has 2 aromatic rings. The van der Waals surface area contributed by atoms with E-state index in [0.717, 1.165) is 29.1 Å². The van der Waals surface area contributed by atoms with Crippen LogP contribution in [0.1, 0.15) is 43.4 Å². The van der Waals surface area contributed by atoms with Crippen molar-refractivity contribution in [2.75, 3.05) is 18.5 Å². The van der Waals surface area contributed by atoms with Crippen molar-refractivity contribution in [1.29, 1.82) is 0 Å². The summed E-state index contributed by atoms with van der Waals surface area (Å²) in [6.45, 7) is 2.59. The Morgan fingerprint density at radius 1 is 1.24 bits per heavy atom. The van der Waals surface area contributed by atoms with Crippen LogP contribution in [-0.4, -0.2) is 35.7 Å². The molecule has 0 bridgehead atoms. The Morgan fingerprint density at radius 2 is 2.00 bits per heavy atom. The molecule has 0 spiro atoms. The van der Waals surface area contributed by atoms with Gasteiger partial charge in [0.1, 0.15) is 18.2 Å². The second-order valence-electron chi connectivity index (χ2n) is 7.36. The summed E-state index contributed by atoms with van der Waals surface area (Å²) < 4.78 is 11.2. The van der Waals surface area contributed by atoms with Crippen molar-refractivity contribution in [3.05, 3.63) is 58.6 Å². The number of aliphatic carboxylic acids is 1. The van der Waals surface area contributed by atoms with Crippen molar-refractivity contribution < 1.29 is 19.4 Å². The van der Waals surface area contributed by atoms with Gasteiger partial charge in [-0.05, 0) is 56.5 Å². The zero-order valence-electron chi connectivity index (χ0n) is 16.2. The van der Waals surface area contributed by atoms with Gasteiger partial charge in [-0.3, -0.25) is 4.99 Å². The third kappa shape index (κ3) is 3.95. The molecule has 1 atom stereocenters. The molecule has 29 heavy (non-hydrogen) atoms. The third-order valence-corrected chi connectivity index (χ3v) is 5.79. The number of fused-ring (bicyclic) bond motifs is 1. The zero-order chi connectivity index (χ0) is 20.4. The molecule has 7 heteroatoms. The van der Waals surface area contributed by atoms with Crippen molar-refractivity contribution in [1.82, 2.24) is 0 Å². The quantitative estimate of drug-likeness (QED) is 0.643. The molecule has 1 aliphatic heterocycles. The number of hydrogen-bond acceptors (Lipinski definition) is 5. The number of carboxylic acids is 1. The predicted octanol–water partition coefficient (Wildman–Crippen LogP) is 4.68. The lowest BCUT2D eigenvalue weighted by atomic mass is 9.80. The van der Waals surface area contributed by atoms with Crippen molar-refractivity contribution in [3.63, 3.8) is 0 Å². The first-order valence-electron chi connectivity index (χ1n) is 9.72. The Morgan fingerprint density at radius 3 is 2.66 bits per heavy atom. The van der Waals surface area contributed by atoms with Gasteiger partial charge in [-0.1, -0.05) is 23.7 Å². The van der Waals surface area contributed by atoms with Crippen molar-refractivity contribution >= 4 is 29.1 Å². The summed E-state index contributed by atoms with van der Waals surface area (Å²) in [6, 6.07) is 13.4. The van der Waals surface area contributed by atoms with E-state index in [1.807, 2.05) is 49.4 Å². The summed E-state index contributed by atoms with van der Waals surface area (Å²) in [5.41, 5.74) is 1.90. The number of halogens is 1. The van der Waals surface area contributed by atoms with Crippen LogP contribution >= 0.6 is 11.6 Å². The fraction of sp³-hybridized carbons (Fsp3) is 0.364. The predicted molar refractivity (Wildman–Crippen MR) is 112 cm³/mol. The van der Waals surface area contributed by atoms with E-state index in [0.29, 0.717) is 30.2 Å². The lowest BCUT2D eigenvalue weighted by Gasteiger charge is -2.37. The van der Waals surface area contributed by atoms with Gasteiger partial charge in [0, 0.05) is 11.1 Å². The van der Waals surface area contributed by atoms with Gasteiger partial charge in [-0.25, -0.2) is 4.79 Å². The molecule has 1 heterocycles. The highest BCUT2D eigenvalue weighted by molar-refractivity contribution is 6.34. The summed E-state index contributed by atoms with van der Waals surface area (Å²) in [6.07, 6.45) is 2.02. The molecule has 1 unspecified atom stereocenters. The number of ether oxygens (including phenoxy) is 2. The molecule has 2 aromatic carbocycles. The van der Waals surface area contributed by atoms with E-state index >= 15 is 0 Å². The minimum Gasteiger partial charge on any atom is -0.491 e. The van der Waals surface area contributed by atoms with Gasteiger partial charge in [0.05, 0.1) is 23.4 Å². The topological polar surface area (TPSA) is 80.2 Å². The highest BCUT2D eigenvalue weighted by Crippen LogP contribution is 2.36. The van der Waals surface area contributed by atoms with E-state index in [2.05, 4.69) is 5.32 Å². The van der Waals surface area contributed by atoms with Gasteiger partial charge in [0.25, 0.3) is 0 Å². The van der Waals surface area contributed by atoms with Crippen LogP contribution in [-0.2, 0) is 9.53 Å². The number of anilines is 1. The van der Waals surface area contributed by atoms with Crippen LogP contribution in [0.5, 0.6) is 5.75 Å². The van der Waals surface area contributed by atoms with E-state index < -0.39 is 11.6 Å². The number of rotatable bonds is 7. The van der Waals surface area contributed by atoms with E-state index in [4.69, 9.17) is 26.1 Å². The summed E-state index contributed by atoms with van der Waals surface area (Å²) in [5.74, 6) is 0.573. The van der Waals surface area contributed by atoms with Gasteiger partial charge in [0.2, 0.25) is 0 Å². The SMILES string of the molecule is CC1N=C(c2ccc(OCCOC3(C(=O)O)CCC3)cc2)Nc2c(Cl)cccc21. The first-order valence-corrected chi connectivity index (χ1v) is 10.1. The summed E-state index contributed by atoms with van der Waals surface area (Å²) in [5, 5.41) is 13.3. The fourth-order valence-corrected chi connectivity index (χ4v) is 3.83. The van der Waals surface area contributed by atoms with Crippen LogP contribution in [0.25, 0.3) is 0 Å². The Balaban J connectivity index is 1.35. The number of hydrogen-bond donors (Lipinski definition) is 2. The maximum atomic E-state index is 11.3. The highest BCUT2D eigenvalue weighted by atomic mass is 35.5. The van der Waals surface area contributed by atoms with E-state index in [-0.39, 0.29) is 12.6 Å². The molecule has 6 nitrogen and oxygen atoms in total. The second-order valence-corrected chi connectivity index (χ2v) is 7.76. The molecule has 152 valence electrons. The lowest BCUT2D eigenvalue weighted by molar-refractivity contribution is -0.179. The minimum absolute atomic E-state index is 0.0149. The molecule has 0 saturated heterocycles. The number of aliphatic imine (C=N–C) groups is 1. The van der Waals surface area contributed by atoms with Crippen LogP contribution < -0.4 is 10.1 Å². The van der Waals surface area contributed by atoms with Gasteiger partial charge in [0.15, 0.2) is 5.60 Å². The number of benzene rings is 2. The van der Waals surface area contributed by atoms with Gasteiger partial charge >= 0.3 is 5.97 Å². The standard InChI is InChI=1S/C22H23ClN2O4/c1-14-17-4-2-5-18(23)19(17)25-20(24-14)15-6-8-16(9-7-15)28-12-13-29-22(21(26)27)10-3-11-22/h2,4-9,14H,3,10-13H2,1H3,(H,24,25)(H,26,27). The summed E-state index contributed by atoms with van der Waals surface area (Å²) in [4.78, 5) is 16.0. The van der Waals surface area contributed by atoms with Gasteiger partial charge < -0.3 is 19.9 Å². The van der Waals surface area contributed by atoms with E-state index in [1.165, 1.54) is 0 Å². The maximum absolute atomic E-state index is 11.3. The number of carbonyl (C=O) groups is 1. The smallest absolute Gasteiger partial charge is 0.335 e. The average molecular weight is 415 g/mol. The lowest BCUT2D eigenvalue weighted by Crippen LogP contribution is -2.48. The van der Waals surface area contributed by atoms with Crippen LogP contribution in [0.4, 0.5) is 5.69 Å². The zero-order valence-corrected chi connectivity index (χ0v) is 16.9. The van der Waals surface area contributed by atoms with E-state index in [9.17, 15) is 9.90 Å². The Labute approximate surface area is 174 Å². The van der Waals surface area contributed by atoms with Crippen LogP contribution in [0.3, 0.4) is 0 Å². The number of nitrogens with one attached hydrogen (secondary N) is 1. The van der Waals surface area contributed by atoms with Crippen LogP contribution in [0, 0.1) is 0 Å². The number of carboxylic acid groups (broad SMARTS) is 1. The first-order chi connectivity index (χ1) is 14.0. The third-order valence-electron chi connectivity index (χ3n) is 5.47. The molecule has 0 amide bonds.